The third-order valence-corrected chi connectivity index (χ3v) is 2.44. The van der Waals surface area contributed by atoms with Crippen LogP contribution in [0.4, 0.5) is 0 Å². The highest BCUT2D eigenvalue weighted by atomic mass is 32.1. The van der Waals surface area contributed by atoms with E-state index in [1.807, 2.05) is 23.6 Å². The average molecular weight is 387 g/mol. The summed E-state index contributed by atoms with van der Waals surface area (Å²) in [6.07, 6.45) is 14.6. The number of rotatable bonds is 0. The van der Waals surface area contributed by atoms with Crippen LogP contribution >= 0.6 is 11.3 Å². The van der Waals surface area contributed by atoms with E-state index in [9.17, 15) is 0 Å². The number of imidazole rings is 1. The van der Waals surface area contributed by atoms with Gasteiger partial charge in [0.05, 0.1) is 11.8 Å². The van der Waals surface area contributed by atoms with Crippen molar-refractivity contribution in [1.29, 1.82) is 0 Å². The maximum Gasteiger partial charge on any atom is 0.161 e. The highest BCUT2D eigenvalue weighted by molar-refractivity contribution is 7.07. The Balaban J connectivity index is 0.000000311. The van der Waals surface area contributed by atoms with E-state index in [0.29, 0.717) is 0 Å². The predicted molar refractivity (Wildman–Crippen MR) is 102 cm³/mol. The van der Waals surface area contributed by atoms with Gasteiger partial charge in [-0.2, -0.15) is 10.3 Å². The Morgan fingerprint density at radius 2 is 1.63 bits per heavy atom. The fraction of sp³-hybridized carbons (Fsp3) is 0.0667. The van der Waals surface area contributed by atoms with Gasteiger partial charge in [-0.1, -0.05) is 18.7 Å². The Hall–Kier alpha value is -3.80. The van der Waals surface area contributed by atoms with Crippen molar-refractivity contribution in [3.05, 3.63) is 85.4 Å². The fourth-order valence-corrected chi connectivity index (χ4v) is 1.35. The number of hydrogen-bond donors (Lipinski definition) is 3. The van der Waals surface area contributed by atoms with Gasteiger partial charge in [-0.05, 0) is 12.1 Å². The molecule has 0 amide bonds. The summed E-state index contributed by atoms with van der Waals surface area (Å²) in [6.45, 7) is 0. The largest absolute Gasteiger partial charge is 0.351 e. The molecule has 0 aliphatic carbocycles. The smallest absolute Gasteiger partial charge is 0.161 e. The highest BCUT2D eigenvalue weighted by Crippen LogP contribution is 1.85. The van der Waals surface area contributed by atoms with Gasteiger partial charge < -0.3 is 4.98 Å². The van der Waals surface area contributed by atoms with Crippen LogP contribution < -0.4 is 0 Å². The van der Waals surface area contributed by atoms with E-state index < -0.39 is 0 Å². The lowest BCUT2D eigenvalue weighted by molar-refractivity contribution is 0.881. The number of thiazole rings is 1. The molecule has 0 bridgehead atoms. The van der Waals surface area contributed by atoms with E-state index >= 15 is 0 Å². The SMILES string of the molecule is C.c1c[nH]cn1.c1ccncc1.c1cscn1.c1nc[nH]n1.c1nn[nH]n1. The molecule has 0 saturated heterocycles. The third-order valence-electron chi connectivity index (χ3n) is 1.92. The van der Waals surface area contributed by atoms with Crippen LogP contribution in [0.3, 0.4) is 0 Å². The van der Waals surface area contributed by atoms with Gasteiger partial charge >= 0.3 is 0 Å². The van der Waals surface area contributed by atoms with E-state index in [2.05, 4.69) is 55.7 Å². The van der Waals surface area contributed by atoms with Crippen LogP contribution in [-0.4, -0.2) is 55.7 Å². The molecule has 0 saturated carbocycles. The zero-order valence-electron chi connectivity index (χ0n) is 13.6. The maximum absolute atomic E-state index is 3.78. The van der Waals surface area contributed by atoms with E-state index in [1.165, 1.54) is 19.0 Å². The minimum Gasteiger partial charge on any atom is -0.351 e. The summed E-state index contributed by atoms with van der Waals surface area (Å²) in [5.41, 5.74) is 1.79. The van der Waals surface area contributed by atoms with Crippen LogP contribution in [-0.2, 0) is 0 Å². The summed E-state index contributed by atoms with van der Waals surface area (Å²) >= 11 is 1.60. The van der Waals surface area contributed by atoms with Crippen molar-refractivity contribution in [1.82, 2.24) is 55.7 Å². The van der Waals surface area contributed by atoms with Gasteiger partial charge in [0.1, 0.15) is 12.7 Å². The molecule has 0 spiro atoms. The van der Waals surface area contributed by atoms with Crippen molar-refractivity contribution in [2.75, 3.05) is 0 Å². The monoisotopic (exact) mass is 387 g/mol. The van der Waals surface area contributed by atoms with Gasteiger partial charge in [-0.3, -0.25) is 15.1 Å². The molecule has 0 fully saturated rings. The van der Waals surface area contributed by atoms with Crippen molar-refractivity contribution >= 4 is 11.3 Å². The Bertz CT molecular complexity index is 541. The Kier molecular flexibility index (Phi) is 17.4. The third kappa shape index (κ3) is 18.4. The number of pyridine rings is 1. The summed E-state index contributed by atoms with van der Waals surface area (Å²) in [6, 6.07) is 5.72. The summed E-state index contributed by atoms with van der Waals surface area (Å²) < 4.78 is 0. The minimum absolute atomic E-state index is 0. The van der Waals surface area contributed by atoms with Crippen LogP contribution in [0.25, 0.3) is 0 Å². The molecule has 3 N–H and O–H groups in total. The zero-order valence-corrected chi connectivity index (χ0v) is 14.4. The summed E-state index contributed by atoms with van der Waals surface area (Å²) in [5.74, 6) is 0. The number of hydrogen-bond acceptors (Lipinski definition) is 9. The molecule has 5 aromatic heterocycles. The number of H-pyrrole nitrogens is 3. The quantitative estimate of drug-likeness (QED) is 0.366. The van der Waals surface area contributed by atoms with Gasteiger partial charge in [0.2, 0.25) is 0 Å². The van der Waals surface area contributed by atoms with Gasteiger partial charge in [0, 0.05) is 36.4 Å². The van der Waals surface area contributed by atoms with E-state index in [4.69, 9.17) is 0 Å². The van der Waals surface area contributed by atoms with Gasteiger partial charge in [0.15, 0.2) is 6.33 Å². The van der Waals surface area contributed by atoms with E-state index in [1.54, 1.807) is 54.2 Å². The first-order chi connectivity index (χ1) is 13.0. The molecule has 0 aliphatic rings. The molecule has 0 atom stereocenters. The molecular formula is C15H21N11S. The first-order valence-electron chi connectivity index (χ1n) is 7.05. The predicted octanol–water partition coefficient (Wildman–Crippen LogP) is 2.27. The maximum atomic E-state index is 3.78. The number of nitrogens with zero attached hydrogens (tertiary/aromatic N) is 8. The molecule has 142 valence electrons. The minimum atomic E-state index is 0. The molecular weight excluding hydrogens is 366 g/mol. The van der Waals surface area contributed by atoms with Crippen molar-refractivity contribution < 1.29 is 0 Å². The molecule has 5 aromatic rings. The van der Waals surface area contributed by atoms with E-state index in [-0.39, 0.29) is 7.43 Å². The zero-order chi connectivity index (χ0) is 18.4. The summed E-state index contributed by atoms with van der Waals surface area (Å²) in [5, 5.41) is 20.1. The second-order valence-corrected chi connectivity index (χ2v) is 4.43. The topological polar surface area (TPSA) is 150 Å². The molecule has 5 heterocycles. The van der Waals surface area contributed by atoms with Crippen LogP contribution in [0, 0.1) is 0 Å². The lowest BCUT2D eigenvalue weighted by Crippen LogP contribution is -1.64. The first-order valence-corrected chi connectivity index (χ1v) is 7.99. The Morgan fingerprint density at radius 3 is 1.81 bits per heavy atom. The van der Waals surface area contributed by atoms with Crippen molar-refractivity contribution in [3.63, 3.8) is 0 Å². The molecule has 11 nitrogen and oxygen atoms in total. The lowest BCUT2D eigenvalue weighted by Gasteiger charge is -1.70. The molecule has 0 aromatic carbocycles. The number of aromatic amines is 3. The Morgan fingerprint density at radius 1 is 0.741 bits per heavy atom. The average Bonchev–Trinajstić information content (AvgIpc) is 3.56. The molecule has 0 unspecified atom stereocenters. The number of aromatic nitrogens is 11. The second-order valence-electron chi connectivity index (χ2n) is 3.67. The molecule has 12 heteroatoms. The van der Waals surface area contributed by atoms with E-state index in [0.717, 1.165) is 0 Å². The highest BCUT2D eigenvalue weighted by Gasteiger charge is 1.60. The molecule has 27 heavy (non-hydrogen) atoms. The number of tetrazole rings is 1. The normalized spacial score (nSPS) is 7.70. The van der Waals surface area contributed by atoms with Crippen LogP contribution in [0.5, 0.6) is 0 Å². The molecule has 5 rings (SSSR count). The van der Waals surface area contributed by atoms with Crippen LogP contribution in [0.2, 0.25) is 0 Å². The first kappa shape index (κ1) is 23.2. The lowest BCUT2D eigenvalue weighted by atomic mass is 10.5. The number of nitrogens with one attached hydrogen (secondary N) is 3. The summed E-state index contributed by atoms with van der Waals surface area (Å²) in [4.78, 5) is 17.5. The van der Waals surface area contributed by atoms with Crippen LogP contribution in [0.1, 0.15) is 7.43 Å². The fourth-order valence-electron chi connectivity index (χ4n) is 0.999. The van der Waals surface area contributed by atoms with Crippen LogP contribution in [0.15, 0.2) is 85.4 Å². The van der Waals surface area contributed by atoms with Crippen molar-refractivity contribution in [2.45, 2.75) is 7.43 Å². The van der Waals surface area contributed by atoms with Gasteiger partial charge in [0.25, 0.3) is 0 Å². The second kappa shape index (κ2) is 20.2. The van der Waals surface area contributed by atoms with Crippen molar-refractivity contribution in [2.24, 2.45) is 0 Å². The summed E-state index contributed by atoms with van der Waals surface area (Å²) in [7, 11) is 0. The van der Waals surface area contributed by atoms with Gasteiger partial charge in [-0.25, -0.2) is 9.97 Å². The van der Waals surface area contributed by atoms with Gasteiger partial charge in [-0.15, -0.1) is 21.5 Å². The van der Waals surface area contributed by atoms with Crippen molar-refractivity contribution in [3.8, 4) is 0 Å². The standard InChI is InChI=1S/C5H5N.C3H4N2.C3H3NS.C2H3N3.CH2N4.CH4/c1-2-4-6-5-3-1;2*1-2-5-3-4-1;1-3-2-5-4-1;1-2-4-5-3-1;/h1-5H;1-3H,(H,4,5);1-3H;1-2H,(H,3,4,5);1H,(H,2,3,4,5);1H4. The molecule has 0 radical (unpaired) electrons. The Labute approximate surface area is 160 Å². The molecule has 0 aliphatic heterocycles.